The van der Waals surface area contributed by atoms with Crippen molar-refractivity contribution in [3.05, 3.63) is 40.4 Å². The highest BCUT2D eigenvalue weighted by Crippen LogP contribution is 2.41. The second-order valence-corrected chi connectivity index (χ2v) is 5.96. The molecule has 3 rings (SSSR count). The van der Waals surface area contributed by atoms with Crippen molar-refractivity contribution < 1.29 is 9.90 Å². The molecule has 0 aromatic carbocycles. The van der Waals surface area contributed by atoms with Crippen molar-refractivity contribution in [2.75, 3.05) is 0 Å². The summed E-state index contributed by atoms with van der Waals surface area (Å²) >= 11 is 0. The zero-order valence-corrected chi connectivity index (χ0v) is 13.0. The summed E-state index contributed by atoms with van der Waals surface area (Å²) in [6.07, 6.45) is 0.730. The summed E-state index contributed by atoms with van der Waals surface area (Å²) < 4.78 is 2.17. The van der Waals surface area contributed by atoms with Gasteiger partial charge in [0.25, 0.3) is 0 Å². The molecule has 1 unspecified atom stereocenters. The number of carboxylic acids is 1. The van der Waals surface area contributed by atoms with Gasteiger partial charge in [0.2, 0.25) is 0 Å². The normalized spacial score (nSPS) is 20.6. The summed E-state index contributed by atoms with van der Waals surface area (Å²) in [4.78, 5) is 13.3. The van der Waals surface area contributed by atoms with Crippen LogP contribution in [0.5, 0.6) is 0 Å². The standard InChI is InChI=1S/C16H20BN2O2/c1-9-5-7-14-13(6-8-15(20)21)16-11(3)10(2)12(4)19(16)17-18(9)14/h5,7,12H,6,8H2,1-4H3,(H,20,21). The van der Waals surface area contributed by atoms with Crippen LogP contribution in [0.4, 0.5) is 0 Å². The first-order chi connectivity index (χ1) is 9.91. The second kappa shape index (κ2) is 4.83. The third kappa shape index (κ3) is 2.03. The number of fused-ring (bicyclic) bond motifs is 2. The fraction of sp³-hybridized carbons (Fsp3) is 0.438. The summed E-state index contributed by atoms with van der Waals surface area (Å²) in [5, 5.41) is 9.04. The van der Waals surface area contributed by atoms with Gasteiger partial charge in [-0.15, -0.1) is 0 Å². The number of carbonyl (C=O) groups is 1. The van der Waals surface area contributed by atoms with Gasteiger partial charge < -0.3 is 14.4 Å². The van der Waals surface area contributed by atoms with Crippen molar-refractivity contribution in [3.63, 3.8) is 0 Å². The highest BCUT2D eigenvalue weighted by Gasteiger charge is 2.36. The third-order valence-corrected chi connectivity index (χ3v) is 4.79. The quantitative estimate of drug-likeness (QED) is 0.868. The predicted molar refractivity (Wildman–Crippen MR) is 83.8 cm³/mol. The van der Waals surface area contributed by atoms with Crippen LogP contribution >= 0.6 is 0 Å². The molecule has 0 aliphatic carbocycles. The minimum absolute atomic E-state index is 0.164. The Morgan fingerprint density at radius 2 is 2.05 bits per heavy atom. The van der Waals surface area contributed by atoms with Crippen LogP contribution < -0.4 is 0 Å². The summed E-state index contributed by atoms with van der Waals surface area (Å²) in [6.45, 7) is 8.58. The number of aliphatic carboxylic acids is 1. The predicted octanol–water partition coefficient (Wildman–Crippen LogP) is 2.81. The van der Waals surface area contributed by atoms with E-state index in [0.29, 0.717) is 12.5 Å². The van der Waals surface area contributed by atoms with E-state index in [9.17, 15) is 4.79 Å². The Balaban J connectivity index is 2.15. The van der Waals surface area contributed by atoms with Crippen molar-refractivity contribution >= 4 is 19.1 Å². The summed E-state index contributed by atoms with van der Waals surface area (Å²) in [6, 6.07) is 4.51. The fourth-order valence-electron chi connectivity index (χ4n) is 3.31. The molecule has 0 saturated carbocycles. The van der Waals surface area contributed by atoms with Crippen LogP contribution in [-0.2, 0) is 4.79 Å². The number of rotatable bonds is 3. The van der Waals surface area contributed by atoms with E-state index in [-0.39, 0.29) is 6.42 Å². The van der Waals surface area contributed by atoms with Gasteiger partial charge in [-0.3, -0.25) is 4.79 Å². The van der Waals surface area contributed by atoms with E-state index in [4.69, 9.17) is 5.11 Å². The molecule has 0 amide bonds. The molecule has 4 nitrogen and oxygen atoms in total. The summed E-state index contributed by atoms with van der Waals surface area (Å²) in [5.41, 5.74) is 7.29. The molecule has 0 spiro atoms. The molecule has 1 atom stereocenters. The maximum atomic E-state index is 11.0. The lowest BCUT2D eigenvalue weighted by molar-refractivity contribution is -0.136. The SMILES string of the molecule is CC1=C(C)C(C)N2[B]n3c(C)ccc3C(CCC(=O)O)=C12. The molecule has 109 valence electrons. The van der Waals surface area contributed by atoms with E-state index in [2.05, 4.69) is 56.7 Å². The van der Waals surface area contributed by atoms with Crippen LogP contribution in [0.15, 0.2) is 29.0 Å². The second-order valence-electron chi connectivity index (χ2n) is 5.96. The van der Waals surface area contributed by atoms with Crippen LogP contribution in [0.3, 0.4) is 0 Å². The zero-order valence-electron chi connectivity index (χ0n) is 13.0. The van der Waals surface area contributed by atoms with Gasteiger partial charge in [0.15, 0.2) is 0 Å². The summed E-state index contributed by atoms with van der Waals surface area (Å²) in [7, 11) is 2.15. The average Bonchev–Trinajstić information content (AvgIpc) is 2.91. The molecule has 5 heteroatoms. The molecule has 1 radical (unpaired) electrons. The largest absolute Gasteiger partial charge is 0.481 e. The minimum Gasteiger partial charge on any atom is -0.481 e. The van der Waals surface area contributed by atoms with Crippen molar-refractivity contribution in [1.82, 2.24) is 9.29 Å². The molecule has 21 heavy (non-hydrogen) atoms. The average molecular weight is 283 g/mol. The van der Waals surface area contributed by atoms with Gasteiger partial charge in [-0.1, -0.05) is 0 Å². The Morgan fingerprint density at radius 1 is 1.33 bits per heavy atom. The number of aryl methyl sites for hydroxylation is 1. The lowest BCUT2D eigenvalue weighted by atomic mass is 9.91. The van der Waals surface area contributed by atoms with Gasteiger partial charge in [0.05, 0.1) is 0 Å². The zero-order chi connectivity index (χ0) is 15.3. The molecule has 0 fully saturated rings. The first-order valence-electron chi connectivity index (χ1n) is 7.36. The summed E-state index contributed by atoms with van der Waals surface area (Å²) in [5.74, 6) is -0.747. The van der Waals surface area contributed by atoms with Crippen LogP contribution in [0.2, 0.25) is 0 Å². The molecule has 0 saturated heterocycles. The molecule has 1 aromatic rings. The van der Waals surface area contributed by atoms with E-state index in [0.717, 1.165) is 11.3 Å². The highest BCUT2D eigenvalue weighted by atomic mass is 16.4. The first kappa shape index (κ1) is 14.0. The van der Waals surface area contributed by atoms with Crippen LogP contribution in [-0.4, -0.2) is 34.0 Å². The highest BCUT2D eigenvalue weighted by molar-refractivity contribution is 6.34. The number of allylic oxidation sites excluding steroid dienone is 2. The molecule has 1 aromatic heterocycles. The molecular formula is C16H20BN2O2. The van der Waals surface area contributed by atoms with Crippen LogP contribution in [0, 0.1) is 6.92 Å². The smallest absolute Gasteiger partial charge is 0.396 e. The fourth-order valence-corrected chi connectivity index (χ4v) is 3.31. The van der Waals surface area contributed by atoms with E-state index >= 15 is 0 Å². The molecule has 2 aliphatic rings. The topological polar surface area (TPSA) is 45.5 Å². The number of nitrogens with zero attached hydrogens (tertiary/aromatic N) is 2. The van der Waals surface area contributed by atoms with Crippen LogP contribution in [0.1, 0.15) is 45.0 Å². The van der Waals surface area contributed by atoms with Crippen molar-refractivity contribution in [2.45, 2.75) is 46.6 Å². The molecule has 1 N–H and O–H groups in total. The maximum Gasteiger partial charge on any atom is 0.396 e. The van der Waals surface area contributed by atoms with Gasteiger partial charge >= 0.3 is 13.5 Å². The Morgan fingerprint density at radius 3 is 2.71 bits per heavy atom. The first-order valence-corrected chi connectivity index (χ1v) is 7.36. The molecule has 3 heterocycles. The van der Waals surface area contributed by atoms with Crippen LogP contribution in [0.25, 0.3) is 5.57 Å². The number of hydrogen-bond acceptors (Lipinski definition) is 2. The number of aromatic nitrogens is 1. The maximum absolute atomic E-state index is 11.0. The molecule has 2 aliphatic heterocycles. The Kier molecular flexibility index (Phi) is 3.23. The third-order valence-electron chi connectivity index (χ3n) is 4.79. The van der Waals surface area contributed by atoms with Gasteiger partial charge in [0.1, 0.15) is 0 Å². The van der Waals surface area contributed by atoms with Crippen molar-refractivity contribution in [2.24, 2.45) is 0 Å². The molecular weight excluding hydrogens is 263 g/mol. The Bertz CT molecular complexity index is 684. The van der Waals surface area contributed by atoms with Crippen molar-refractivity contribution in [1.29, 1.82) is 0 Å². The monoisotopic (exact) mass is 283 g/mol. The van der Waals surface area contributed by atoms with E-state index in [1.807, 2.05) is 0 Å². The minimum atomic E-state index is -0.747. The number of hydrogen-bond donors (Lipinski definition) is 1. The Labute approximate surface area is 126 Å². The van der Waals surface area contributed by atoms with Gasteiger partial charge in [0, 0.05) is 29.5 Å². The van der Waals surface area contributed by atoms with Gasteiger partial charge in [-0.25, -0.2) is 0 Å². The number of carboxylic acid groups (broad SMARTS) is 1. The van der Waals surface area contributed by atoms with Gasteiger partial charge in [-0.05, 0) is 63.0 Å². The van der Waals surface area contributed by atoms with E-state index < -0.39 is 5.97 Å². The Hall–Kier alpha value is -1.91. The lowest BCUT2D eigenvalue weighted by Gasteiger charge is -2.34. The van der Waals surface area contributed by atoms with E-state index in [1.54, 1.807) is 0 Å². The van der Waals surface area contributed by atoms with Gasteiger partial charge in [-0.2, -0.15) is 0 Å². The lowest BCUT2D eigenvalue weighted by Crippen LogP contribution is -2.40. The van der Waals surface area contributed by atoms with Crippen molar-refractivity contribution in [3.8, 4) is 0 Å². The van der Waals surface area contributed by atoms with E-state index in [1.165, 1.54) is 22.5 Å². The molecule has 0 bridgehead atoms.